The van der Waals surface area contributed by atoms with Crippen molar-refractivity contribution >= 4 is 23.8 Å². The van der Waals surface area contributed by atoms with Crippen LogP contribution in [0.3, 0.4) is 0 Å². The molecule has 462 valence electrons. The lowest BCUT2D eigenvalue weighted by Crippen LogP contribution is -2.28. The van der Waals surface area contributed by atoms with E-state index in [0.717, 1.165) is 107 Å². The van der Waals surface area contributed by atoms with Crippen LogP contribution in [0.4, 0.5) is 0 Å². The fraction of sp³-hybridized carbons (Fsp3) is 0.341. The van der Waals surface area contributed by atoms with E-state index in [1.165, 1.54) is 38.2 Å². The van der Waals surface area contributed by atoms with Gasteiger partial charge in [-0.15, -0.1) is 0 Å². The van der Waals surface area contributed by atoms with E-state index in [9.17, 15) is 0 Å². The van der Waals surface area contributed by atoms with E-state index in [0.29, 0.717) is 45.1 Å². The Balaban J connectivity index is 1.09. The molecule has 0 heterocycles. The highest BCUT2D eigenvalue weighted by molar-refractivity contribution is 7.79. The zero-order chi connectivity index (χ0) is 63.6. The average molecular weight is 1210 g/mol. The third-order valence-corrected chi connectivity index (χ3v) is 20.1. The Bertz CT molecular complexity index is 3700. The van der Waals surface area contributed by atoms with Crippen molar-refractivity contribution in [2.75, 3.05) is 35.5 Å². The number of ether oxygens (including phenoxy) is 6. The summed E-state index contributed by atoms with van der Waals surface area (Å²) in [6, 6.07) is 63.2. The maximum atomic E-state index is 7.32. The van der Waals surface area contributed by atoms with Crippen LogP contribution in [-0.2, 0) is 66.8 Å². The van der Waals surface area contributed by atoms with Gasteiger partial charge < -0.3 is 28.4 Å². The molecule has 0 N–H and O–H groups in total. The number of methoxy groups -OCH3 is 5. The van der Waals surface area contributed by atoms with Gasteiger partial charge in [-0.05, 0) is 140 Å². The van der Waals surface area contributed by atoms with Crippen LogP contribution in [0, 0.1) is 0 Å². The van der Waals surface area contributed by atoms with Crippen LogP contribution in [0.1, 0.15) is 178 Å². The minimum Gasteiger partial charge on any atom is -0.496 e. The maximum absolute atomic E-state index is 7.32. The number of hydrogen-bond acceptors (Lipinski definition) is 6. The first-order chi connectivity index (χ1) is 42.4. The topological polar surface area (TPSA) is 55.4 Å². The first kappa shape index (κ1) is 64.2. The highest BCUT2D eigenvalue weighted by Crippen LogP contribution is 2.43. The Morgan fingerprint density at radius 3 is 0.685 bits per heavy atom. The molecule has 0 radical (unpaired) electrons. The molecule has 6 nitrogen and oxygen atoms in total. The lowest BCUT2D eigenvalue weighted by Gasteiger charge is -2.31. The molecule has 0 atom stereocenters. The molecule has 0 saturated heterocycles. The van der Waals surface area contributed by atoms with E-state index in [2.05, 4.69) is 253 Å². The quantitative estimate of drug-likeness (QED) is 0.120. The standard InChI is InChI=1S/C82H93O6P/c1-79(2,3)66-46-67(80(4,5)6)49-71(48-66)89(72-50-68(81(7,8)9)47-69(51-72)82(10,11)12)70-38-36-53(37-39-70)52-88-78-64-34-23-35-65(78)45-63-33-22-31-61(77(63)87-17)43-59-29-20-27-57(75(59)85-15)41-55-25-18-24-54(73(55)83-13)40-56-26-19-28-58(74(56)84-14)42-60-30-21-32-62(44-64)76(60)86-16/h18-39,46-51H,40-45,52H2,1-17H3. The summed E-state index contributed by atoms with van der Waals surface area (Å²) in [7, 11) is 7.90. The van der Waals surface area contributed by atoms with Crippen molar-refractivity contribution < 1.29 is 28.4 Å². The molecule has 1 aliphatic rings. The smallest absolute Gasteiger partial charge is 0.126 e. The summed E-state index contributed by atoms with van der Waals surface area (Å²) in [5.74, 6) is 5.14. The summed E-state index contributed by atoms with van der Waals surface area (Å²) in [4.78, 5) is 0. The molecule has 9 aromatic carbocycles. The van der Waals surface area contributed by atoms with Gasteiger partial charge in [0.05, 0.1) is 35.5 Å². The lowest BCUT2D eigenvalue weighted by molar-refractivity contribution is 0.300. The largest absolute Gasteiger partial charge is 0.496 e. The molecule has 89 heavy (non-hydrogen) atoms. The molecule has 7 heteroatoms. The van der Waals surface area contributed by atoms with E-state index in [1.54, 1.807) is 35.5 Å². The minimum atomic E-state index is -0.984. The van der Waals surface area contributed by atoms with Gasteiger partial charge in [0, 0.05) is 38.5 Å². The Labute approximate surface area is 533 Å². The van der Waals surface area contributed by atoms with Crippen LogP contribution in [0.15, 0.2) is 170 Å². The first-order valence-electron chi connectivity index (χ1n) is 31.6. The Morgan fingerprint density at radius 1 is 0.270 bits per heavy atom. The van der Waals surface area contributed by atoms with Crippen LogP contribution in [0.5, 0.6) is 34.5 Å². The third kappa shape index (κ3) is 14.3. The molecule has 12 bridgehead atoms. The second-order valence-corrected chi connectivity index (χ2v) is 30.6. The molecular weight excluding hydrogens is 1110 g/mol. The van der Waals surface area contributed by atoms with E-state index in [4.69, 9.17) is 28.4 Å². The van der Waals surface area contributed by atoms with Crippen molar-refractivity contribution in [3.05, 3.63) is 264 Å². The normalized spacial score (nSPS) is 13.1. The number of hydrogen-bond donors (Lipinski definition) is 0. The summed E-state index contributed by atoms with van der Waals surface area (Å²) < 4.78 is 39.1. The summed E-state index contributed by atoms with van der Waals surface area (Å²) in [5.41, 5.74) is 19.3. The summed E-state index contributed by atoms with van der Waals surface area (Å²) >= 11 is 0. The molecule has 0 fully saturated rings. The van der Waals surface area contributed by atoms with Crippen LogP contribution in [-0.4, -0.2) is 35.5 Å². The molecule has 0 saturated carbocycles. The van der Waals surface area contributed by atoms with Gasteiger partial charge in [0.2, 0.25) is 0 Å². The van der Waals surface area contributed by atoms with Crippen molar-refractivity contribution in [3.8, 4) is 34.5 Å². The fourth-order valence-electron chi connectivity index (χ4n) is 12.8. The molecule has 9 aromatic rings. The van der Waals surface area contributed by atoms with E-state index in [1.807, 2.05) is 0 Å². The first-order valence-corrected chi connectivity index (χ1v) is 32.9. The lowest BCUT2D eigenvalue weighted by atomic mass is 9.81. The van der Waals surface area contributed by atoms with Crippen molar-refractivity contribution in [3.63, 3.8) is 0 Å². The van der Waals surface area contributed by atoms with Crippen LogP contribution in [0.2, 0.25) is 0 Å². The maximum Gasteiger partial charge on any atom is 0.126 e. The molecule has 0 aliphatic heterocycles. The van der Waals surface area contributed by atoms with Crippen LogP contribution >= 0.6 is 7.92 Å². The number of rotatable bonds is 11. The SMILES string of the molecule is COc1c2cccc1Cc1cccc(c1OC)Cc1cccc(c1OC)Cc1cccc(c1OCc1ccc(P(c3cc(C(C)(C)C)cc(C(C)(C)C)c3)c3cc(C(C)(C)C)cc(C(C)(C)C)c3)cc1)Cc1cccc(c1OC)Cc1cccc(c1OC)C2. The molecule has 1 aliphatic carbocycles. The zero-order valence-corrected chi connectivity index (χ0v) is 56.9. The van der Waals surface area contributed by atoms with Crippen molar-refractivity contribution in [2.45, 2.75) is 150 Å². The third-order valence-electron chi connectivity index (χ3n) is 17.8. The van der Waals surface area contributed by atoms with Crippen molar-refractivity contribution in [1.82, 2.24) is 0 Å². The fourth-order valence-corrected chi connectivity index (χ4v) is 15.2. The Morgan fingerprint density at radius 2 is 0.483 bits per heavy atom. The van der Waals surface area contributed by atoms with Crippen LogP contribution < -0.4 is 44.3 Å². The zero-order valence-electron chi connectivity index (χ0n) is 56.0. The number of para-hydroxylation sites is 6. The molecule has 0 aromatic heterocycles. The van der Waals surface area contributed by atoms with E-state index >= 15 is 0 Å². The van der Waals surface area contributed by atoms with Gasteiger partial charge in [-0.3, -0.25) is 0 Å². The molecule has 0 unspecified atom stereocenters. The highest BCUT2D eigenvalue weighted by atomic mass is 31.1. The molecule has 0 spiro atoms. The Hall–Kier alpha value is -7.79. The average Bonchev–Trinajstić information content (AvgIpc) is 1.21. The molecular formula is C82H93O6P. The second kappa shape index (κ2) is 26.3. The minimum absolute atomic E-state index is 0.0325. The van der Waals surface area contributed by atoms with Crippen molar-refractivity contribution in [2.24, 2.45) is 0 Å². The highest BCUT2D eigenvalue weighted by Gasteiger charge is 2.29. The summed E-state index contributed by atoms with van der Waals surface area (Å²) in [6.45, 7) is 28.5. The summed E-state index contributed by atoms with van der Waals surface area (Å²) in [5, 5.41) is 4.07. The second-order valence-electron chi connectivity index (χ2n) is 28.3. The van der Waals surface area contributed by atoms with Crippen molar-refractivity contribution in [1.29, 1.82) is 0 Å². The monoisotopic (exact) mass is 1200 g/mol. The van der Waals surface area contributed by atoms with Gasteiger partial charge in [0.15, 0.2) is 0 Å². The summed E-state index contributed by atoms with van der Waals surface area (Å²) in [6.07, 6.45) is 3.63. The number of fused-ring (bicyclic) bond motifs is 12. The molecule has 10 rings (SSSR count). The van der Waals surface area contributed by atoms with E-state index < -0.39 is 7.92 Å². The van der Waals surface area contributed by atoms with Gasteiger partial charge in [0.1, 0.15) is 41.1 Å². The number of benzene rings is 9. The van der Waals surface area contributed by atoms with Gasteiger partial charge in [-0.2, -0.15) is 0 Å². The van der Waals surface area contributed by atoms with Gasteiger partial charge in [-0.1, -0.05) is 253 Å². The van der Waals surface area contributed by atoms with Gasteiger partial charge in [-0.25, -0.2) is 0 Å². The van der Waals surface area contributed by atoms with Gasteiger partial charge in [0.25, 0.3) is 0 Å². The van der Waals surface area contributed by atoms with Crippen LogP contribution in [0.25, 0.3) is 0 Å². The van der Waals surface area contributed by atoms with E-state index in [-0.39, 0.29) is 21.7 Å². The Kier molecular flexibility index (Phi) is 19.0. The predicted octanol–water partition coefficient (Wildman–Crippen LogP) is 18.1. The molecule has 0 amide bonds. The van der Waals surface area contributed by atoms with Gasteiger partial charge >= 0.3 is 0 Å². The predicted molar refractivity (Wildman–Crippen MR) is 373 cm³/mol.